The van der Waals surface area contributed by atoms with E-state index < -0.39 is 0 Å². The summed E-state index contributed by atoms with van der Waals surface area (Å²) in [6, 6.07) is 0.384. The molecule has 0 aromatic rings. The maximum atomic E-state index is 11.2. The average Bonchev–Trinajstić information content (AvgIpc) is 2.24. The van der Waals surface area contributed by atoms with Gasteiger partial charge >= 0.3 is 5.97 Å². The predicted molar refractivity (Wildman–Crippen MR) is 62.7 cm³/mol. The van der Waals surface area contributed by atoms with Crippen LogP contribution in [0.2, 0.25) is 0 Å². The molecule has 3 heteroatoms. The Hall–Kier alpha value is -1.09. The topological polar surface area (TPSA) is 38.3 Å². The molecule has 0 aliphatic carbocycles. The molecule has 0 aromatic carbocycles. The minimum Gasteiger partial charge on any atom is -0.466 e. The van der Waals surface area contributed by atoms with E-state index in [0.717, 1.165) is 12.0 Å². The normalized spacial score (nSPS) is 13.4. The fraction of sp³-hybridized carbons (Fsp3) is 0.583. The van der Waals surface area contributed by atoms with Crippen molar-refractivity contribution in [1.82, 2.24) is 5.32 Å². The number of hydrogen-bond acceptors (Lipinski definition) is 3. The average molecular weight is 211 g/mol. The zero-order valence-corrected chi connectivity index (χ0v) is 9.88. The van der Waals surface area contributed by atoms with Crippen molar-refractivity contribution in [3.63, 3.8) is 0 Å². The molecule has 0 amide bonds. The Morgan fingerprint density at radius 3 is 2.73 bits per heavy atom. The summed E-state index contributed by atoms with van der Waals surface area (Å²) in [7, 11) is 1.40. The van der Waals surface area contributed by atoms with Gasteiger partial charge in [-0.15, -0.1) is 6.58 Å². The zero-order chi connectivity index (χ0) is 11.7. The van der Waals surface area contributed by atoms with Gasteiger partial charge in [-0.2, -0.15) is 0 Å². The van der Waals surface area contributed by atoms with Gasteiger partial charge in [0, 0.05) is 18.2 Å². The number of rotatable bonds is 7. The Balaban J connectivity index is 4.01. The molecule has 0 heterocycles. The Bertz CT molecular complexity index is 234. The summed E-state index contributed by atoms with van der Waals surface area (Å²) in [5.41, 5.74) is 0.718. The molecule has 1 unspecified atom stereocenters. The number of nitrogens with one attached hydrogen (secondary N) is 1. The molecular formula is C12H21NO2. The summed E-state index contributed by atoms with van der Waals surface area (Å²) in [5, 5.41) is 3.27. The van der Waals surface area contributed by atoms with Gasteiger partial charge in [0.15, 0.2) is 0 Å². The van der Waals surface area contributed by atoms with Gasteiger partial charge in [-0.25, -0.2) is 4.79 Å². The lowest BCUT2D eigenvalue weighted by molar-refractivity contribution is -0.136. The number of esters is 1. The minimum atomic E-state index is -0.240. The highest BCUT2D eigenvalue weighted by molar-refractivity contribution is 5.88. The fourth-order valence-corrected chi connectivity index (χ4v) is 1.22. The largest absolute Gasteiger partial charge is 0.466 e. The van der Waals surface area contributed by atoms with Crippen LogP contribution in [0, 0.1) is 0 Å². The molecule has 0 aliphatic rings. The molecule has 0 bridgehead atoms. The first-order valence-electron chi connectivity index (χ1n) is 5.27. The van der Waals surface area contributed by atoms with Gasteiger partial charge in [0.2, 0.25) is 0 Å². The second kappa shape index (κ2) is 8.24. The molecule has 0 aliphatic heterocycles. The third kappa shape index (κ3) is 6.07. The Kier molecular flexibility index (Phi) is 7.64. The van der Waals surface area contributed by atoms with Crippen molar-refractivity contribution in [3.05, 3.63) is 24.3 Å². The maximum absolute atomic E-state index is 11.2. The lowest BCUT2D eigenvalue weighted by Crippen LogP contribution is -2.25. The first kappa shape index (κ1) is 13.9. The quantitative estimate of drug-likeness (QED) is 0.398. The fourth-order valence-electron chi connectivity index (χ4n) is 1.22. The van der Waals surface area contributed by atoms with Gasteiger partial charge in [0.05, 0.1) is 7.11 Å². The number of hydrogen-bond donors (Lipinski definition) is 1. The highest BCUT2D eigenvalue weighted by Crippen LogP contribution is 2.02. The van der Waals surface area contributed by atoms with E-state index in [2.05, 4.69) is 23.6 Å². The summed E-state index contributed by atoms with van der Waals surface area (Å²) in [6.07, 6.45) is 5.38. The van der Waals surface area contributed by atoms with E-state index in [-0.39, 0.29) is 5.97 Å². The van der Waals surface area contributed by atoms with Crippen LogP contribution in [-0.2, 0) is 9.53 Å². The van der Waals surface area contributed by atoms with Crippen LogP contribution < -0.4 is 5.32 Å². The minimum absolute atomic E-state index is 0.240. The first-order chi connectivity index (χ1) is 7.15. The maximum Gasteiger partial charge on any atom is 0.333 e. The number of carbonyl (C=O) groups excluding carboxylic acids is 1. The molecule has 86 valence electrons. The second-order valence-electron chi connectivity index (χ2n) is 3.41. The van der Waals surface area contributed by atoms with Crippen molar-refractivity contribution in [2.24, 2.45) is 0 Å². The van der Waals surface area contributed by atoms with Crippen LogP contribution in [0.1, 0.15) is 26.7 Å². The van der Waals surface area contributed by atoms with E-state index in [9.17, 15) is 4.79 Å². The van der Waals surface area contributed by atoms with E-state index in [4.69, 9.17) is 0 Å². The third-order valence-corrected chi connectivity index (χ3v) is 2.16. The van der Waals surface area contributed by atoms with Gasteiger partial charge in [0.1, 0.15) is 0 Å². The Morgan fingerprint density at radius 1 is 1.60 bits per heavy atom. The molecule has 0 saturated heterocycles. The van der Waals surface area contributed by atoms with Crippen LogP contribution in [0.25, 0.3) is 0 Å². The van der Waals surface area contributed by atoms with Crippen molar-refractivity contribution >= 4 is 5.97 Å². The number of ether oxygens (including phenoxy) is 1. The zero-order valence-electron chi connectivity index (χ0n) is 9.88. The molecule has 1 N–H and O–H groups in total. The molecule has 0 fully saturated rings. The van der Waals surface area contributed by atoms with Crippen LogP contribution in [0.15, 0.2) is 24.3 Å². The lowest BCUT2D eigenvalue weighted by Gasteiger charge is -2.09. The third-order valence-electron chi connectivity index (χ3n) is 2.16. The van der Waals surface area contributed by atoms with E-state index in [1.54, 1.807) is 0 Å². The predicted octanol–water partition coefficient (Wildman–Crippen LogP) is 2.05. The van der Waals surface area contributed by atoms with Crippen LogP contribution in [-0.4, -0.2) is 25.7 Å². The van der Waals surface area contributed by atoms with Crippen molar-refractivity contribution in [2.75, 3.05) is 13.7 Å². The van der Waals surface area contributed by atoms with Crippen LogP contribution in [0.5, 0.6) is 0 Å². The summed E-state index contributed by atoms with van der Waals surface area (Å²) in [6.45, 7) is 8.38. The van der Waals surface area contributed by atoms with Crippen molar-refractivity contribution < 1.29 is 9.53 Å². The summed E-state index contributed by atoms with van der Waals surface area (Å²) >= 11 is 0. The van der Waals surface area contributed by atoms with Crippen LogP contribution in [0.4, 0.5) is 0 Å². The molecule has 0 rings (SSSR count). The summed E-state index contributed by atoms with van der Waals surface area (Å²) in [5.74, 6) is -0.240. The molecular weight excluding hydrogens is 190 g/mol. The standard InChI is InChI=1S/C12H21NO2/c1-5-7-10(3)13-9-8-11(6-2)12(14)15-4/h5,8,10,13H,1,6-7,9H2,2-4H3/b11-8-. The monoisotopic (exact) mass is 211 g/mol. The summed E-state index contributed by atoms with van der Waals surface area (Å²) in [4.78, 5) is 11.2. The smallest absolute Gasteiger partial charge is 0.333 e. The van der Waals surface area contributed by atoms with Gasteiger partial charge in [-0.1, -0.05) is 19.1 Å². The van der Waals surface area contributed by atoms with Crippen LogP contribution in [0.3, 0.4) is 0 Å². The molecule has 0 aromatic heterocycles. The van der Waals surface area contributed by atoms with Crippen molar-refractivity contribution in [1.29, 1.82) is 0 Å². The van der Waals surface area contributed by atoms with Gasteiger partial charge < -0.3 is 10.1 Å². The Labute approximate surface area is 92.2 Å². The molecule has 1 atom stereocenters. The molecule has 0 saturated carbocycles. The summed E-state index contributed by atoms with van der Waals surface area (Å²) < 4.78 is 4.66. The van der Waals surface area contributed by atoms with E-state index >= 15 is 0 Å². The van der Waals surface area contributed by atoms with Gasteiger partial charge in [-0.05, 0) is 19.8 Å². The van der Waals surface area contributed by atoms with E-state index in [0.29, 0.717) is 19.0 Å². The molecule has 3 nitrogen and oxygen atoms in total. The molecule has 15 heavy (non-hydrogen) atoms. The molecule has 0 spiro atoms. The Morgan fingerprint density at radius 2 is 2.27 bits per heavy atom. The van der Waals surface area contributed by atoms with Crippen molar-refractivity contribution in [3.8, 4) is 0 Å². The van der Waals surface area contributed by atoms with Crippen molar-refractivity contribution in [2.45, 2.75) is 32.7 Å². The lowest BCUT2D eigenvalue weighted by atomic mass is 10.2. The number of methoxy groups -OCH3 is 1. The highest BCUT2D eigenvalue weighted by atomic mass is 16.5. The highest BCUT2D eigenvalue weighted by Gasteiger charge is 2.05. The van der Waals surface area contributed by atoms with Gasteiger partial charge in [-0.3, -0.25) is 0 Å². The van der Waals surface area contributed by atoms with E-state index in [1.807, 2.05) is 19.1 Å². The number of carbonyl (C=O) groups is 1. The first-order valence-corrected chi connectivity index (χ1v) is 5.27. The molecule has 0 radical (unpaired) electrons. The SMILES string of the molecule is C=CCC(C)NC/C=C(/CC)C(=O)OC. The van der Waals surface area contributed by atoms with Crippen LogP contribution >= 0.6 is 0 Å². The second-order valence-corrected chi connectivity index (χ2v) is 3.41. The van der Waals surface area contributed by atoms with E-state index in [1.165, 1.54) is 7.11 Å². The van der Waals surface area contributed by atoms with Gasteiger partial charge in [0.25, 0.3) is 0 Å².